The Morgan fingerprint density at radius 2 is 2.19 bits per heavy atom. The van der Waals surface area contributed by atoms with Crippen molar-refractivity contribution in [3.8, 4) is 0 Å². The highest BCUT2D eigenvalue weighted by molar-refractivity contribution is 5.71. The van der Waals surface area contributed by atoms with Gasteiger partial charge in [0.05, 0.1) is 11.4 Å². The van der Waals surface area contributed by atoms with Crippen molar-refractivity contribution < 1.29 is 8.78 Å². The Bertz CT molecular complexity index is 393. The number of rotatable bonds is 1. The molecule has 1 N–H and O–H groups in total. The van der Waals surface area contributed by atoms with Crippen molar-refractivity contribution in [1.29, 1.82) is 0 Å². The van der Waals surface area contributed by atoms with E-state index in [4.69, 9.17) is 0 Å². The zero-order chi connectivity index (χ0) is 11.7. The summed E-state index contributed by atoms with van der Waals surface area (Å²) in [6.07, 6.45) is 0. The third kappa shape index (κ3) is 1.96. The average Bonchev–Trinajstić information content (AvgIpc) is 2.38. The lowest BCUT2D eigenvalue weighted by atomic mass is 10.2. The van der Waals surface area contributed by atoms with Crippen LogP contribution in [-0.4, -0.2) is 19.6 Å². The molecule has 1 aromatic rings. The predicted octanol–water partition coefficient (Wildman–Crippen LogP) is 2.85. The number of nitrogens with zero attached hydrogens (tertiary/aromatic N) is 1. The number of fused-ring (bicyclic) bond motifs is 1. The van der Waals surface area contributed by atoms with E-state index in [1.807, 2.05) is 11.8 Å². The Balaban J connectivity index is 2.48. The van der Waals surface area contributed by atoms with E-state index in [9.17, 15) is 8.78 Å². The lowest BCUT2D eigenvalue weighted by Crippen LogP contribution is -2.28. The Morgan fingerprint density at radius 1 is 1.44 bits per heavy atom. The van der Waals surface area contributed by atoms with Crippen LogP contribution in [0, 0.1) is 17.6 Å². The molecule has 0 saturated carbocycles. The lowest BCUT2D eigenvalue weighted by Gasteiger charge is -2.24. The van der Waals surface area contributed by atoms with Gasteiger partial charge in [0.1, 0.15) is 5.82 Å². The minimum Gasteiger partial charge on any atom is -0.381 e. The van der Waals surface area contributed by atoms with E-state index in [0.717, 1.165) is 19.2 Å². The Morgan fingerprint density at radius 3 is 2.88 bits per heavy atom. The van der Waals surface area contributed by atoms with Crippen molar-refractivity contribution in [3.63, 3.8) is 0 Å². The zero-order valence-electron chi connectivity index (χ0n) is 9.56. The molecule has 1 aromatic carbocycles. The first kappa shape index (κ1) is 11.2. The first-order chi connectivity index (χ1) is 7.61. The summed E-state index contributed by atoms with van der Waals surface area (Å²) in [5, 5.41) is 3.05. The molecule has 1 aliphatic rings. The lowest BCUT2D eigenvalue weighted by molar-refractivity contribution is 0.585. The normalized spacial score (nSPS) is 20.0. The van der Waals surface area contributed by atoms with Crippen LogP contribution in [0.2, 0.25) is 0 Å². The summed E-state index contributed by atoms with van der Waals surface area (Å²) in [6, 6.07) is 2.32. The molecule has 1 heterocycles. The minimum atomic E-state index is -0.522. The summed E-state index contributed by atoms with van der Waals surface area (Å²) < 4.78 is 26.8. The van der Waals surface area contributed by atoms with Gasteiger partial charge < -0.3 is 10.2 Å². The molecule has 16 heavy (non-hydrogen) atoms. The van der Waals surface area contributed by atoms with Gasteiger partial charge in [-0.2, -0.15) is 0 Å². The minimum absolute atomic E-state index is 0.412. The molecule has 0 saturated heterocycles. The summed E-state index contributed by atoms with van der Waals surface area (Å²) in [5.74, 6) is -0.622. The summed E-state index contributed by atoms with van der Waals surface area (Å²) in [6.45, 7) is 6.37. The van der Waals surface area contributed by atoms with Crippen LogP contribution >= 0.6 is 0 Å². The molecule has 0 aromatic heterocycles. The fourth-order valence-electron chi connectivity index (χ4n) is 2.10. The number of benzene rings is 1. The van der Waals surface area contributed by atoms with Crippen molar-refractivity contribution in [1.82, 2.24) is 0 Å². The quantitative estimate of drug-likeness (QED) is 0.792. The van der Waals surface area contributed by atoms with Gasteiger partial charge >= 0.3 is 0 Å². The maximum Gasteiger partial charge on any atom is 0.151 e. The number of nitrogens with one attached hydrogen (secondary N) is 1. The fraction of sp³-hybridized carbons (Fsp3) is 0.500. The van der Waals surface area contributed by atoms with Crippen LogP contribution in [0.4, 0.5) is 20.2 Å². The van der Waals surface area contributed by atoms with E-state index in [1.54, 1.807) is 0 Å². The van der Waals surface area contributed by atoms with E-state index >= 15 is 0 Å². The molecule has 88 valence electrons. The second-order valence-electron chi connectivity index (χ2n) is 4.31. The summed E-state index contributed by atoms with van der Waals surface area (Å²) in [5.41, 5.74) is 1.05. The van der Waals surface area contributed by atoms with Crippen LogP contribution < -0.4 is 10.2 Å². The molecule has 2 rings (SSSR count). The SMILES string of the molecule is CCN1CC(C)CNc2c(F)cc(F)cc21. The third-order valence-corrected chi connectivity index (χ3v) is 2.92. The van der Waals surface area contributed by atoms with Gasteiger partial charge in [-0.05, 0) is 18.9 Å². The average molecular weight is 226 g/mol. The highest BCUT2D eigenvalue weighted by Gasteiger charge is 2.21. The molecule has 1 atom stereocenters. The van der Waals surface area contributed by atoms with E-state index in [0.29, 0.717) is 23.8 Å². The Hall–Kier alpha value is -1.32. The number of anilines is 2. The van der Waals surface area contributed by atoms with Crippen LogP contribution in [0.1, 0.15) is 13.8 Å². The van der Waals surface area contributed by atoms with Crippen molar-refractivity contribution in [2.75, 3.05) is 29.9 Å². The molecule has 0 bridgehead atoms. The largest absolute Gasteiger partial charge is 0.381 e. The molecular formula is C12H16F2N2. The Labute approximate surface area is 94.3 Å². The summed E-state index contributed by atoms with van der Waals surface area (Å²) in [4.78, 5) is 2.01. The highest BCUT2D eigenvalue weighted by Crippen LogP contribution is 2.32. The maximum absolute atomic E-state index is 13.6. The third-order valence-electron chi connectivity index (χ3n) is 2.92. The van der Waals surface area contributed by atoms with Gasteiger partial charge in [-0.3, -0.25) is 0 Å². The maximum atomic E-state index is 13.6. The Kier molecular flexibility index (Phi) is 2.99. The second kappa shape index (κ2) is 4.28. The van der Waals surface area contributed by atoms with Gasteiger partial charge in [0.2, 0.25) is 0 Å². The summed E-state index contributed by atoms with van der Waals surface area (Å²) >= 11 is 0. The highest BCUT2D eigenvalue weighted by atomic mass is 19.1. The summed E-state index contributed by atoms with van der Waals surface area (Å²) in [7, 11) is 0. The first-order valence-corrected chi connectivity index (χ1v) is 5.59. The molecular weight excluding hydrogens is 210 g/mol. The number of hydrogen-bond acceptors (Lipinski definition) is 2. The van der Waals surface area contributed by atoms with Crippen LogP contribution in [-0.2, 0) is 0 Å². The van der Waals surface area contributed by atoms with Crippen molar-refractivity contribution in [3.05, 3.63) is 23.8 Å². The van der Waals surface area contributed by atoms with Gasteiger partial charge in [0.25, 0.3) is 0 Å². The molecule has 2 nitrogen and oxygen atoms in total. The van der Waals surface area contributed by atoms with Gasteiger partial charge in [0, 0.05) is 25.7 Å². The standard InChI is InChI=1S/C12H16F2N2/c1-3-16-7-8(2)6-15-12-10(14)4-9(13)5-11(12)16/h4-5,8,15H,3,6-7H2,1-2H3. The van der Waals surface area contributed by atoms with Crippen molar-refractivity contribution in [2.24, 2.45) is 5.92 Å². The van der Waals surface area contributed by atoms with E-state index in [2.05, 4.69) is 12.2 Å². The molecule has 0 spiro atoms. The molecule has 1 aliphatic heterocycles. The van der Waals surface area contributed by atoms with E-state index < -0.39 is 11.6 Å². The van der Waals surface area contributed by atoms with Crippen LogP contribution in [0.15, 0.2) is 12.1 Å². The van der Waals surface area contributed by atoms with Crippen LogP contribution in [0.3, 0.4) is 0 Å². The van der Waals surface area contributed by atoms with Crippen LogP contribution in [0.5, 0.6) is 0 Å². The second-order valence-corrected chi connectivity index (χ2v) is 4.31. The topological polar surface area (TPSA) is 15.3 Å². The smallest absolute Gasteiger partial charge is 0.151 e. The zero-order valence-corrected chi connectivity index (χ0v) is 9.56. The fourth-order valence-corrected chi connectivity index (χ4v) is 2.10. The molecule has 1 unspecified atom stereocenters. The number of hydrogen-bond donors (Lipinski definition) is 1. The van der Waals surface area contributed by atoms with Crippen molar-refractivity contribution >= 4 is 11.4 Å². The molecule has 4 heteroatoms. The van der Waals surface area contributed by atoms with Gasteiger partial charge in [0.15, 0.2) is 5.82 Å². The molecule has 0 amide bonds. The predicted molar refractivity (Wildman–Crippen MR) is 61.9 cm³/mol. The monoisotopic (exact) mass is 226 g/mol. The van der Waals surface area contributed by atoms with E-state index in [1.165, 1.54) is 6.07 Å². The van der Waals surface area contributed by atoms with Gasteiger partial charge in [-0.25, -0.2) is 8.78 Å². The van der Waals surface area contributed by atoms with Crippen molar-refractivity contribution in [2.45, 2.75) is 13.8 Å². The molecule has 0 radical (unpaired) electrons. The van der Waals surface area contributed by atoms with Crippen LogP contribution in [0.25, 0.3) is 0 Å². The molecule has 0 fully saturated rings. The van der Waals surface area contributed by atoms with Gasteiger partial charge in [-0.15, -0.1) is 0 Å². The van der Waals surface area contributed by atoms with Gasteiger partial charge in [-0.1, -0.05) is 6.92 Å². The van der Waals surface area contributed by atoms with E-state index in [-0.39, 0.29) is 0 Å². The first-order valence-electron chi connectivity index (χ1n) is 5.59. The molecule has 0 aliphatic carbocycles. The number of halogens is 2.